The van der Waals surface area contributed by atoms with Gasteiger partial charge < -0.3 is 0 Å². The van der Waals surface area contributed by atoms with E-state index in [-0.39, 0.29) is 0 Å². The summed E-state index contributed by atoms with van der Waals surface area (Å²) in [5.41, 5.74) is 3.47. The average molecular weight is 257 g/mol. The molecule has 0 spiro atoms. The van der Waals surface area contributed by atoms with Crippen molar-refractivity contribution >= 4 is 11.8 Å². The van der Waals surface area contributed by atoms with Crippen LogP contribution < -0.4 is 0 Å². The van der Waals surface area contributed by atoms with Crippen LogP contribution in [0.4, 0.5) is 0 Å². The number of pyridine rings is 1. The number of hydrogen-bond acceptors (Lipinski definition) is 2. The van der Waals surface area contributed by atoms with Crippen LogP contribution >= 0.6 is 11.8 Å². The minimum atomic E-state index is 0.607. The topological polar surface area (TPSA) is 12.9 Å². The van der Waals surface area contributed by atoms with Crippen molar-refractivity contribution in [3.05, 3.63) is 42.2 Å². The molecule has 2 unspecified atom stereocenters. The number of rotatable bonds is 5. The Kier molecular flexibility index (Phi) is 2.38. The van der Waals surface area contributed by atoms with Crippen molar-refractivity contribution in [3.8, 4) is 0 Å². The van der Waals surface area contributed by atoms with Crippen molar-refractivity contribution in [3.63, 3.8) is 0 Å². The van der Waals surface area contributed by atoms with Gasteiger partial charge in [-0.15, -0.1) is 0 Å². The molecule has 1 aromatic heterocycles. The first kappa shape index (κ1) is 11.1. The molecule has 0 bridgehead atoms. The van der Waals surface area contributed by atoms with E-state index >= 15 is 0 Å². The number of nitrogens with zero attached hydrogens (tertiary/aromatic N) is 1. The van der Waals surface area contributed by atoms with E-state index in [4.69, 9.17) is 0 Å². The third kappa shape index (κ3) is 1.38. The van der Waals surface area contributed by atoms with E-state index < -0.39 is 0 Å². The summed E-state index contributed by atoms with van der Waals surface area (Å²) in [6.07, 6.45) is 8.26. The minimum Gasteiger partial charge on any atom is -0.264 e. The number of aromatic nitrogens is 1. The zero-order valence-corrected chi connectivity index (χ0v) is 11.5. The molecule has 3 saturated carbocycles. The van der Waals surface area contributed by atoms with Crippen LogP contribution in [0.5, 0.6) is 0 Å². The Hall–Kier alpha value is -0.760. The molecule has 0 N–H and O–H groups in total. The Labute approximate surface area is 113 Å². The average Bonchev–Trinajstić information content (AvgIpc) is 2.39. The molecular weight excluding hydrogens is 238 g/mol. The predicted molar refractivity (Wildman–Crippen MR) is 76.3 cm³/mol. The minimum absolute atomic E-state index is 0.607. The molecule has 0 radical (unpaired) electrons. The molecule has 1 nitrogen and oxygen atoms in total. The molecular formula is C16H19NS. The molecule has 2 heteroatoms. The van der Waals surface area contributed by atoms with E-state index in [1.165, 1.54) is 30.4 Å². The fraction of sp³-hybridized carbons (Fsp3) is 0.562. The van der Waals surface area contributed by atoms with E-state index in [0.717, 1.165) is 29.3 Å². The third-order valence-corrected chi connectivity index (χ3v) is 6.57. The van der Waals surface area contributed by atoms with Crippen molar-refractivity contribution in [1.82, 2.24) is 4.98 Å². The van der Waals surface area contributed by atoms with E-state index in [0.29, 0.717) is 5.41 Å². The predicted octanol–water partition coefficient (Wildman–Crippen LogP) is 3.92. The van der Waals surface area contributed by atoms with Crippen molar-refractivity contribution in [2.75, 3.05) is 5.75 Å². The largest absolute Gasteiger partial charge is 0.264 e. The van der Waals surface area contributed by atoms with Gasteiger partial charge in [0.2, 0.25) is 0 Å². The first-order valence-corrected chi connectivity index (χ1v) is 8.10. The van der Waals surface area contributed by atoms with Crippen LogP contribution in [0.25, 0.3) is 0 Å². The highest BCUT2D eigenvalue weighted by Crippen LogP contribution is 2.79. The first-order chi connectivity index (χ1) is 8.79. The second-order valence-electron chi connectivity index (χ2n) is 6.30. The van der Waals surface area contributed by atoms with Gasteiger partial charge in [-0.2, -0.15) is 11.8 Å². The standard InChI is InChI=1S/C16H19NS/c1-11(9-18-10-12-3-2-4-17-8-12)16-6-13-5-14(7-16)15(13)16/h2-4,8,13-15H,1,5-7,9-10H2. The van der Waals surface area contributed by atoms with Gasteiger partial charge in [0.25, 0.3) is 0 Å². The maximum atomic E-state index is 4.40. The molecule has 1 aromatic rings. The highest BCUT2D eigenvalue weighted by molar-refractivity contribution is 7.98. The molecule has 0 saturated heterocycles. The van der Waals surface area contributed by atoms with Crippen molar-refractivity contribution < 1.29 is 0 Å². The summed E-state index contributed by atoms with van der Waals surface area (Å²) < 4.78 is 0. The summed E-state index contributed by atoms with van der Waals surface area (Å²) in [5.74, 6) is 5.45. The summed E-state index contributed by atoms with van der Waals surface area (Å²) in [6, 6.07) is 4.18. The summed E-state index contributed by atoms with van der Waals surface area (Å²) in [6.45, 7) is 4.40. The molecule has 2 atom stereocenters. The van der Waals surface area contributed by atoms with Crippen LogP contribution in [-0.4, -0.2) is 10.7 Å². The fourth-order valence-electron chi connectivity index (χ4n) is 4.61. The summed E-state index contributed by atoms with van der Waals surface area (Å²) in [7, 11) is 0. The number of thioether (sulfide) groups is 1. The maximum Gasteiger partial charge on any atom is 0.0308 e. The highest BCUT2D eigenvalue weighted by Gasteiger charge is 2.71. The van der Waals surface area contributed by atoms with Crippen molar-refractivity contribution in [2.24, 2.45) is 23.2 Å². The smallest absolute Gasteiger partial charge is 0.0308 e. The molecule has 0 aliphatic heterocycles. The normalized spacial score (nSPS) is 39.0. The summed E-state index contributed by atoms with van der Waals surface area (Å²) in [4.78, 5) is 4.16. The zero-order valence-electron chi connectivity index (χ0n) is 10.6. The number of hydrogen-bond donors (Lipinski definition) is 0. The van der Waals surface area contributed by atoms with Crippen molar-refractivity contribution in [2.45, 2.75) is 25.0 Å². The maximum absolute atomic E-state index is 4.40. The van der Waals surface area contributed by atoms with Gasteiger partial charge in [0.15, 0.2) is 0 Å². The van der Waals surface area contributed by atoms with Crippen LogP contribution in [0, 0.1) is 23.2 Å². The Bertz CT molecular complexity index is 469. The molecule has 18 heavy (non-hydrogen) atoms. The monoisotopic (exact) mass is 257 g/mol. The Morgan fingerprint density at radius 2 is 2.28 bits per heavy atom. The molecule has 1 heterocycles. The van der Waals surface area contributed by atoms with Gasteiger partial charge in [-0.3, -0.25) is 4.98 Å². The lowest BCUT2D eigenvalue weighted by molar-refractivity contribution is -0.248. The lowest BCUT2D eigenvalue weighted by Crippen LogP contribution is -2.69. The molecule has 4 rings (SSSR count). The third-order valence-electron chi connectivity index (χ3n) is 5.48. The van der Waals surface area contributed by atoms with Gasteiger partial charge in [-0.1, -0.05) is 18.2 Å². The quantitative estimate of drug-likeness (QED) is 0.742. The lowest BCUT2D eigenvalue weighted by atomic mass is 9.28. The van der Waals surface area contributed by atoms with Crippen LogP contribution in [0.2, 0.25) is 0 Å². The Morgan fingerprint density at radius 3 is 2.89 bits per heavy atom. The molecule has 0 amide bonds. The molecule has 94 valence electrons. The van der Waals surface area contributed by atoms with E-state index in [2.05, 4.69) is 17.6 Å². The zero-order chi connectivity index (χ0) is 12.2. The molecule has 0 aromatic carbocycles. The first-order valence-electron chi connectivity index (χ1n) is 6.94. The highest BCUT2D eigenvalue weighted by atomic mass is 32.2. The SMILES string of the molecule is C=C(CSCc1cccnc1)C12CC3CC(C1)C32. The Morgan fingerprint density at radius 1 is 1.44 bits per heavy atom. The van der Waals surface area contributed by atoms with Crippen LogP contribution in [-0.2, 0) is 5.75 Å². The second kappa shape index (κ2) is 3.86. The van der Waals surface area contributed by atoms with Crippen LogP contribution in [0.3, 0.4) is 0 Å². The molecule has 3 aliphatic carbocycles. The van der Waals surface area contributed by atoms with Gasteiger partial charge in [0, 0.05) is 23.9 Å². The van der Waals surface area contributed by atoms with Crippen LogP contribution in [0.1, 0.15) is 24.8 Å². The van der Waals surface area contributed by atoms with Gasteiger partial charge in [0.1, 0.15) is 0 Å². The van der Waals surface area contributed by atoms with Gasteiger partial charge in [-0.05, 0) is 54.1 Å². The Balaban J connectivity index is 1.30. The van der Waals surface area contributed by atoms with Gasteiger partial charge in [0.05, 0.1) is 0 Å². The fourth-order valence-corrected chi connectivity index (χ4v) is 5.65. The van der Waals surface area contributed by atoms with E-state index in [1.807, 2.05) is 30.2 Å². The van der Waals surface area contributed by atoms with Crippen LogP contribution in [0.15, 0.2) is 36.7 Å². The molecule has 3 aliphatic rings. The summed E-state index contributed by atoms with van der Waals surface area (Å²) >= 11 is 2.00. The van der Waals surface area contributed by atoms with Gasteiger partial charge in [-0.25, -0.2) is 0 Å². The van der Waals surface area contributed by atoms with Gasteiger partial charge >= 0.3 is 0 Å². The van der Waals surface area contributed by atoms with E-state index in [9.17, 15) is 0 Å². The van der Waals surface area contributed by atoms with E-state index in [1.54, 1.807) is 0 Å². The summed E-state index contributed by atoms with van der Waals surface area (Å²) in [5, 5.41) is 0. The second-order valence-corrected chi connectivity index (χ2v) is 7.29. The van der Waals surface area contributed by atoms with Crippen molar-refractivity contribution in [1.29, 1.82) is 0 Å². The molecule has 3 fully saturated rings. The lowest BCUT2D eigenvalue weighted by Gasteiger charge is -2.77.